The molecule has 2 aromatic carbocycles. The second kappa shape index (κ2) is 7.66. The molecule has 4 nitrogen and oxygen atoms in total. The van der Waals surface area contributed by atoms with Crippen LogP contribution in [0.1, 0.15) is 54.6 Å². The van der Waals surface area contributed by atoms with E-state index in [4.69, 9.17) is 0 Å². The summed E-state index contributed by atoms with van der Waals surface area (Å²) in [5.41, 5.74) is 3.29. The predicted molar refractivity (Wildman–Crippen MR) is 115 cm³/mol. The summed E-state index contributed by atoms with van der Waals surface area (Å²) in [6, 6.07) is 18.2. The highest BCUT2D eigenvalue weighted by Crippen LogP contribution is 2.48. The lowest BCUT2D eigenvalue weighted by Crippen LogP contribution is -2.51. The Balaban J connectivity index is 1.31. The minimum atomic E-state index is 0.0612. The van der Waals surface area contributed by atoms with E-state index >= 15 is 0 Å². The van der Waals surface area contributed by atoms with Crippen LogP contribution in [0.3, 0.4) is 0 Å². The number of hydrogen-bond donors (Lipinski definition) is 0. The van der Waals surface area contributed by atoms with Gasteiger partial charge in [0.15, 0.2) is 0 Å². The van der Waals surface area contributed by atoms with Crippen molar-refractivity contribution in [1.82, 2.24) is 9.80 Å². The molecule has 1 saturated heterocycles. The summed E-state index contributed by atoms with van der Waals surface area (Å²) in [5, 5.41) is 0. The van der Waals surface area contributed by atoms with Crippen LogP contribution in [0.25, 0.3) is 0 Å². The molecule has 0 aromatic heterocycles. The average Bonchev–Trinajstić information content (AvgIpc) is 3.54. The molecule has 2 amide bonds. The van der Waals surface area contributed by atoms with Crippen molar-refractivity contribution in [3.8, 4) is 0 Å². The minimum absolute atomic E-state index is 0.0612. The van der Waals surface area contributed by atoms with Gasteiger partial charge < -0.3 is 9.80 Å². The maximum Gasteiger partial charge on any atom is 0.253 e. The second-order valence-corrected chi connectivity index (χ2v) is 9.30. The van der Waals surface area contributed by atoms with Gasteiger partial charge in [0.2, 0.25) is 5.91 Å². The SMILES string of the molecule is CC(C)(C)c1ccc(C(=O)N2CCN(C(=O)C3CC3c3ccccc3)CC2)cc1. The van der Waals surface area contributed by atoms with Crippen molar-refractivity contribution >= 4 is 11.8 Å². The molecule has 0 N–H and O–H groups in total. The van der Waals surface area contributed by atoms with Gasteiger partial charge in [-0.2, -0.15) is 0 Å². The molecule has 1 aliphatic carbocycles. The van der Waals surface area contributed by atoms with Crippen molar-refractivity contribution < 1.29 is 9.59 Å². The smallest absolute Gasteiger partial charge is 0.253 e. The van der Waals surface area contributed by atoms with Crippen LogP contribution in [0, 0.1) is 5.92 Å². The summed E-state index contributed by atoms with van der Waals surface area (Å²) in [4.78, 5) is 29.5. The standard InChI is InChI=1S/C25H30N2O2/c1-25(2,3)20-11-9-19(10-12-20)23(28)26-13-15-27(16-14-26)24(29)22-17-21(22)18-7-5-4-6-8-18/h4-12,21-22H,13-17H2,1-3H3. The highest BCUT2D eigenvalue weighted by atomic mass is 16.2. The molecule has 4 heteroatoms. The van der Waals surface area contributed by atoms with Gasteiger partial charge in [0.05, 0.1) is 0 Å². The third-order valence-electron chi connectivity index (χ3n) is 6.21. The maximum atomic E-state index is 12.8. The van der Waals surface area contributed by atoms with Gasteiger partial charge >= 0.3 is 0 Å². The minimum Gasteiger partial charge on any atom is -0.339 e. The zero-order chi connectivity index (χ0) is 20.6. The number of amides is 2. The first kappa shape index (κ1) is 19.7. The van der Waals surface area contributed by atoms with Gasteiger partial charge in [0.1, 0.15) is 0 Å². The Morgan fingerprint density at radius 3 is 2.00 bits per heavy atom. The fourth-order valence-corrected chi connectivity index (χ4v) is 4.20. The third-order valence-corrected chi connectivity index (χ3v) is 6.21. The third kappa shape index (κ3) is 4.21. The Morgan fingerprint density at radius 1 is 0.828 bits per heavy atom. The second-order valence-electron chi connectivity index (χ2n) is 9.30. The quantitative estimate of drug-likeness (QED) is 0.793. The largest absolute Gasteiger partial charge is 0.339 e. The molecule has 0 bridgehead atoms. The molecule has 1 aliphatic heterocycles. The van der Waals surface area contributed by atoms with Crippen LogP contribution < -0.4 is 0 Å². The van der Waals surface area contributed by atoms with Crippen LogP contribution in [-0.2, 0) is 10.2 Å². The molecule has 1 saturated carbocycles. The Labute approximate surface area is 173 Å². The molecule has 2 unspecified atom stereocenters. The van der Waals surface area contributed by atoms with Crippen LogP contribution in [-0.4, -0.2) is 47.8 Å². The number of carbonyl (C=O) groups is 2. The van der Waals surface area contributed by atoms with Gasteiger partial charge in [-0.15, -0.1) is 0 Å². The normalized spacial score (nSPS) is 21.8. The summed E-state index contributed by atoms with van der Waals surface area (Å²) in [7, 11) is 0. The van der Waals surface area contributed by atoms with Gasteiger partial charge in [-0.05, 0) is 41.0 Å². The summed E-state index contributed by atoms with van der Waals surface area (Å²) >= 11 is 0. The fraction of sp³-hybridized carbons (Fsp3) is 0.440. The van der Waals surface area contributed by atoms with Gasteiger partial charge in [-0.25, -0.2) is 0 Å². The lowest BCUT2D eigenvalue weighted by Gasteiger charge is -2.35. The topological polar surface area (TPSA) is 40.6 Å². The Hall–Kier alpha value is -2.62. The van der Waals surface area contributed by atoms with Crippen molar-refractivity contribution in [2.75, 3.05) is 26.2 Å². The van der Waals surface area contributed by atoms with E-state index in [1.54, 1.807) is 0 Å². The van der Waals surface area contributed by atoms with Crippen molar-refractivity contribution in [3.05, 3.63) is 71.3 Å². The van der Waals surface area contributed by atoms with Crippen LogP contribution in [0.4, 0.5) is 0 Å². The van der Waals surface area contributed by atoms with E-state index in [1.165, 1.54) is 11.1 Å². The van der Waals surface area contributed by atoms with E-state index in [2.05, 4.69) is 32.9 Å². The Kier molecular flexibility index (Phi) is 5.20. The first-order valence-corrected chi connectivity index (χ1v) is 10.6. The van der Waals surface area contributed by atoms with Gasteiger partial charge in [-0.3, -0.25) is 9.59 Å². The molecule has 29 heavy (non-hydrogen) atoms. The molecule has 4 rings (SSSR count). The molecular formula is C25H30N2O2. The van der Waals surface area contributed by atoms with Crippen LogP contribution in [0.15, 0.2) is 54.6 Å². The van der Waals surface area contributed by atoms with Crippen LogP contribution in [0.5, 0.6) is 0 Å². The number of carbonyl (C=O) groups excluding carboxylic acids is 2. The summed E-state index contributed by atoms with van der Waals surface area (Å²) in [6.07, 6.45) is 0.947. The molecule has 2 atom stereocenters. The van der Waals surface area contributed by atoms with E-state index in [9.17, 15) is 9.59 Å². The zero-order valence-corrected chi connectivity index (χ0v) is 17.6. The van der Waals surface area contributed by atoms with Crippen LogP contribution >= 0.6 is 0 Å². The van der Waals surface area contributed by atoms with E-state index in [-0.39, 0.29) is 23.1 Å². The van der Waals surface area contributed by atoms with Crippen molar-refractivity contribution in [1.29, 1.82) is 0 Å². The van der Waals surface area contributed by atoms with E-state index < -0.39 is 0 Å². The van der Waals surface area contributed by atoms with Gasteiger partial charge in [-0.1, -0.05) is 63.2 Å². The Bertz CT molecular complexity index is 875. The molecule has 1 heterocycles. The number of hydrogen-bond acceptors (Lipinski definition) is 2. The highest BCUT2D eigenvalue weighted by Gasteiger charge is 2.46. The molecule has 0 spiro atoms. The first-order chi connectivity index (χ1) is 13.8. The fourth-order valence-electron chi connectivity index (χ4n) is 4.20. The first-order valence-electron chi connectivity index (χ1n) is 10.6. The maximum absolute atomic E-state index is 12.8. The number of piperazine rings is 1. The van der Waals surface area contributed by atoms with Crippen molar-refractivity contribution in [3.63, 3.8) is 0 Å². The number of nitrogens with zero attached hydrogens (tertiary/aromatic N) is 2. The number of benzene rings is 2. The number of rotatable bonds is 3. The highest BCUT2D eigenvalue weighted by molar-refractivity contribution is 5.94. The Morgan fingerprint density at radius 2 is 1.41 bits per heavy atom. The van der Waals surface area contributed by atoms with E-state index in [1.807, 2.05) is 52.3 Å². The van der Waals surface area contributed by atoms with Gasteiger partial charge in [0, 0.05) is 37.7 Å². The van der Waals surface area contributed by atoms with Crippen molar-refractivity contribution in [2.45, 2.75) is 38.5 Å². The molecule has 2 fully saturated rings. The molecule has 2 aromatic rings. The summed E-state index contributed by atoms with van der Waals surface area (Å²) in [6.45, 7) is 8.97. The zero-order valence-electron chi connectivity index (χ0n) is 17.6. The lowest BCUT2D eigenvalue weighted by atomic mass is 9.86. The predicted octanol–water partition coefficient (Wildman–Crippen LogP) is 4.07. The average molecular weight is 391 g/mol. The van der Waals surface area contributed by atoms with Crippen LogP contribution in [0.2, 0.25) is 0 Å². The van der Waals surface area contributed by atoms with E-state index in [0.29, 0.717) is 32.1 Å². The monoisotopic (exact) mass is 390 g/mol. The van der Waals surface area contributed by atoms with E-state index in [0.717, 1.165) is 12.0 Å². The van der Waals surface area contributed by atoms with Crippen molar-refractivity contribution in [2.24, 2.45) is 5.92 Å². The van der Waals surface area contributed by atoms with Gasteiger partial charge in [0.25, 0.3) is 5.91 Å². The molecular weight excluding hydrogens is 360 g/mol. The summed E-state index contributed by atoms with van der Waals surface area (Å²) < 4.78 is 0. The molecule has 0 radical (unpaired) electrons. The lowest BCUT2D eigenvalue weighted by molar-refractivity contribution is -0.134. The molecule has 152 valence electrons. The molecule has 2 aliphatic rings. The summed E-state index contributed by atoms with van der Waals surface area (Å²) in [5.74, 6) is 0.793.